The molecule has 0 saturated heterocycles. The Kier molecular flexibility index (Phi) is 6.14. The summed E-state index contributed by atoms with van der Waals surface area (Å²) in [5.74, 6) is 0.0995. The first-order valence-corrected chi connectivity index (χ1v) is 9.89. The van der Waals surface area contributed by atoms with Crippen molar-refractivity contribution in [3.63, 3.8) is 0 Å². The molecule has 30 heavy (non-hydrogen) atoms. The van der Waals surface area contributed by atoms with E-state index in [1.54, 1.807) is 11.8 Å². The van der Waals surface area contributed by atoms with E-state index in [1.807, 2.05) is 6.92 Å². The highest BCUT2D eigenvalue weighted by atomic mass is 19.4. The molecule has 160 valence electrons. The molecule has 1 amide bonds. The predicted molar refractivity (Wildman–Crippen MR) is 108 cm³/mol. The molecule has 5 nitrogen and oxygen atoms in total. The fourth-order valence-electron chi connectivity index (χ4n) is 3.30. The topological polar surface area (TPSA) is 59.2 Å². The van der Waals surface area contributed by atoms with Crippen molar-refractivity contribution < 1.29 is 22.5 Å². The van der Waals surface area contributed by atoms with E-state index in [4.69, 9.17) is 4.52 Å². The summed E-state index contributed by atoms with van der Waals surface area (Å²) in [7, 11) is 0. The molecule has 2 aromatic heterocycles. The number of rotatable bonds is 6. The third-order valence-corrected chi connectivity index (χ3v) is 5.23. The summed E-state index contributed by atoms with van der Waals surface area (Å²) in [5.41, 5.74) is 0.667. The Labute approximate surface area is 172 Å². The van der Waals surface area contributed by atoms with E-state index >= 15 is 0 Å². The smallest absolute Gasteiger partial charge is 0.339 e. The zero-order valence-electron chi connectivity index (χ0n) is 17.4. The number of fused-ring (bicyclic) bond motifs is 1. The number of halogens is 3. The number of aromatic nitrogens is 2. The van der Waals surface area contributed by atoms with Crippen LogP contribution in [0.1, 0.15) is 48.8 Å². The molecule has 0 saturated carbocycles. The lowest BCUT2D eigenvalue weighted by molar-refractivity contribution is -0.137. The second kappa shape index (κ2) is 8.45. The van der Waals surface area contributed by atoms with Crippen molar-refractivity contribution >= 4 is 17.0 Å². The van der Waals surface area contributed by atoms with Gasteiger partial charge in [0.2, 0.25) is 0 Å². The van der Waals surface area contributed by atoms with Crippen LogP contribution in [0.3, 0.4) is 0 Å². The maximum Gasteiger partial charge on any atom is 0.416 e. The van der Waals surface area contributed by atoms with E-state index in [-0.39, 0.29) is 22.9 Å². The van der Waals surface area contributed by atoms with Crippen molar-refractivity contribution in [1.82, 2.24) is 15.0 Å². The molecule has 8 heteroatoms. The number of aryl methyl sites for hydroxylation is 1. The number of hydrogen-bond acceptors (Lipinski definition) is 4. The van der Waals surface area contributed by atoms with Crippen molar-refractivity contribution in [2.24, 2.45) is 5.92 Å². The van der Waals surface area contributed by atoms with Gasteiger partial charge in [0.1, 0.15) is 0 Å². The van der Waals surface area contributed by atoms with Gasteiger partial charge in [-0.3, -0.25) is 4.79 Å². The highest BCUT2D eigenvalue weighted by Crippen LogP contribution is 2.33. The van der Waals surface area contributed by atoms with Crippen molar-refractivity contribution in [3.05, 3.63) is 47.2 Å². The molecule has 2 heterocycles. The Bertz CT molecular complexity index is 1060. The number of carbonyl (C=O) groups excluding carboxylic acids is 1. The van der Waals surface area contributed by atoms with Crippen molar-refractivity contribution in [1.29, 1.82) is 0 Å². The third kappa shape index (κ3) is 4.32. The van der Waals surface area contributed by atoms with Crippen molar-refractivity contribution in [2.75, 3.05) is 13.1 Å². The molecule has 3 aromatic rings. The summed E-state index contributed by atoms with van der Waals surface area (Å²) in [4.78, 5) is 19.4. The van der Waals surface area contributed by atoms with Crippen molar-refractivity contribution in [2.45, 2.75) is 40.3 Å². The van der Waals surface area contributed by atoms with E-state index in [2.05, 4.69) is 24.0 Å². The summed E-state index contributed by atoms with van der Waals surface area (Å²) < 4.78 is 44.7. The molecule has 0 spiro atoms. The van der Waals surface area contributed by atoms with Gasteiger partial charge in [0, 0.05) is 18.7 Å². The molecule has 0 aliphatic carbocycles. The zero-order valence-corrected chi connectivity index (χ0v) is 17.4. The van der Waals surface area contributed by atoms with Crippen molar-refractivity contribution in [3.8, 4) is 11.3 Å². The minimum atomic E-state index is -4.48. The summed E-state index contributed by atoms with van der Waals surface area (Å²) in [5, 5.41) is 4.39. The van der Waals surface area contributed by atoms with E-state index in [1.165, 1.54) is 18.2 Å². The van der Waals surface area contributed by atoms with Crippen LogP contribution in [0.25, 0.3) is 22.4 Å². The Morgan fingerprint density at radius 1 is 1.23 bits per heavy atom. The number of pyridine rings is 1. The second-order valence-electron chi connectivity index (χ2n) is 7.44. The lowest BCUT2D eigenvalue weighted by Gasteiger charge is -2.24. The molecular weight excluding hydrogens is 395 g/mol. The lowest BCUT2D eigenvalue weighted by atomic mass is 10.0. The average molecular weight is 419 g/mol. The Balaban J connectivity index is 2.13. The monoisotopic (exact) mass is 419 g/mol. The van der Waals surface area contributed by atoms with Crippen LogP contribution in [-0.4, -0.2) is 34.0 Å². The van der Waals surface area contributed by atoms with Gasteiger partial charge >= 0.3 is 6.18 Å². The van der Waals surface area contributed by atoms with Gasteiger partial charge in [-0.05, 0) is 38.0 Å². The van der Waals surface area contributed by atoms with E-state index in [9.17, 15) is 18.0 Å². The quantitative estimate of drug-likeness (QED) is 0.512. The van der Waals surface area contributed by atoms with Gasteiger partial charge in [0.25, 0.3) is 11.6 Å². The maximum absolute atomic E-state index is 13.3. The van der Waals surface area contributed by atoms with Gasteiger partial charge in [-0.25, -0.2) is 4.98 Å². The minimum Gasteiger partial charge on any atom is -0.339 e. The highest BCUT2D eigenvalue weighted by Gasteiger charge is 2.31. The molecule has 1 aromatic carbocycles. The van der Waals surface area contributed by atoms with Crippen LogP contribution < -0.4 is 0 Å². The molecule has 0 aliphatic heterocycles. The number of amides is 1. The van der Waals surface area contributed by atoms with Gasteiger partial charge in [-0.2, -0.15) is 13.2 Å². The molecule has 1 atom stereocenters. The van der Waals surface area contributed by atoms with E-state index in [0.717, 1.165) is 18.6 Å². The van der Waals surface area contributed by atoms with Crippen LogP contribution in [0, 0.1) is 12.8 Å². The van der Waals surface area contributed by atoms with E-state index < -0.39 is 11.7 Å². The predicted octanol–water partition coefficient (Wildman–Crippen LogP) is 5.73. The first-order valence-electron chi connectivity index (χ1n) is 9.89. The zero-order chi connectivity index (χ0) is 22.1. The summed E-state index contributed by atoms with van der Waals surface area (Å²) in [6, 6.07) is 6.39. The molecule has 3 rings (SSSR count). The highest BCUT2D eigenvalue weighted by molar-refractivity contribution is 6.07. The molecule has 0 radical (unpaired) electrons. The van der Waals surface area contributed by atoms with Gasteiger partial charge in [-0.15, -0.1) is 0 Å². The Hall–Kier alpha value is -2.90. The summed E-state index contributed by atoms with van der Waals surface area (Å²) in [6.07, 6.45) is -3.55. The average Bonchev–Trinajstić information content (AvgIpc) is 3.11. The molecule has 0 bridgehead atoms. The van der Waals surface area contributed by atoms with Gasteiger partial charge in [-0.1, -0.05) is 37.6 Å². The maximum atomic E-state index is 13.3. The Morgan fingerprint density at radius 2 is 1.97 bits per heavy atom. The number of hydrogen-bond donors (Lipinski definition) is 0. The van der Waals surface area contributed by atoms with Crippen LogP contribution in [0.4, 0.5) is 13.2 Å². The molecule has 0 N–H and O–H groups in total. The first-order chi connectivity index (χ1) is 14.2. The standard InChI is InChI=1S/C22H24F3N3O2/c1-5-13(3)12-28(6-2)21(29)17-11-18(26-20-19(17)14(4)27-30-20)15-8-7-9-16(10-15)22(23,24)25/h7-11,13H,5-6,12H2,1-4H3. The lowest BCUT2D eigenvalue weighted by Crippen LogP contribution is -2.34. The van der Waals surface area contributed by atoms with E-state index in [0.29, 0.717) is 35.7 Å². The molecule has 0 aliphatic rings. The van der Waals surface area contributed by atoms with Gasteiger partial charge in [0.05, 0.1) is 27.9 Å². The fraction of sp³-hybridized carbons (Fsp3) is 0.409. The third-order valence-electron chi connectivity index (χ3n) is 5.23. The summed E-state index contributed by atoms with van der Waals surface area (Å²) in [6.45, 7) is 8.82. The fourth-order valence-corrected chi connectivity index (χ4v) is 3.30. The molecular formula is C22H24F3N3O2. The largest absolute Gasteiger partial charge is 0.416 e. The molecule has 1 unspecified atom stereocenters. The number of benzene rings is 1. The number of alkyl halides is 3. The SMILES string of the molecule is CCC(C)CN(CC)C(=O)c1cc(-c2cccc(C(F)(F)F)c2)nc2onc(C)c12. The van der Waals surface area contributed by atoms with Gasteiger partial charge in [0.15, 0.2) is 0 Å². The van der Waals surface area contributed by atoms with Crippen LogP contribution in [0.2, 0.25) is 0 Å². The molecule has 0 fully saturated rings. The van der Waals surface area contributed by atoms with Crippen LogP contribution >= 0.6 is 0 Å². The minimum absolute atomic E-state index is 0.130. The van der Waals surface area contributed by atoms with Crippen LogP contribution in [0.15, 0.2) is 34.9 Å². The number of nitrogens with zero attached hydrogens (tertiary/aromatic N) is 3. The second-order valence-corrected chi connectivity index (χ2v) is 7.44. The van der Waals surface area contributed by atoms with Gasteiger partial charge < -0.3 is 9.42 Å². The number of carbonyl (C=O) groups is 1. The van der Waals surface area contributed by atoms with Crippen LogP contribution in [-0.2, 0) is 6.18 Å². The Morgan fingerprint density at radius 3 is 2.60 bits per heavy atom. The first kappa shape index (κ1) is 21.8. The normalized spacial score (nSPS) is 12.9. The van der Waals surface area contributed by atoms with Crippen LogP contribution in [0.5, 0.6) is 0 Å². The summed E-state index contributed by atoms with van der Waals surface area (Å²) >= 11 is 0.